The number of nitrogens with one attached hydrogen (secondary N) is 1. The van der Waals surface area contributed by atoms with Crippen LogP contribution in [0, 0.1) is 6.92 Å². The highest BCUT2D eigenvalue weighted by atomic mass is 35.5. The highest BCUT2D eigenvalue weighted by Crippen LogP contribution is 2.33. The van der Waals surface area contributed by atoms with Crippen LogP contribution in [0.3, 0.4) is 0 Å². The van der Waals surface area contributed by atoms with Gasteiger partial charge in [-0.15, -0.1) is 0 Å². The Morgan fingerprint density at radius 3 is 3.00 bits per heavy atom. The zero-order chi connectivity index (χ0) is 15.7. The minimum absolute atomic E-state index is 0.0857. The summed E-state index contributed by atoms with van der Waals surface area (Å²) in [5, 5.41) is 7.93. The van der Waals surface area contributed by atoms with Gasteiger partial charge in [0, 0.05) is 17.6 Å². The third kappa shape index (κ3) is 2.95. The molecule has 0 aliphatic carbocycles. The van der Waals surface area contributed by atoms with Gasteiger partial charge in [0.15, 0.2) is 0 Å². The second-order valence-corrected chi connectivity index (χ2v) is 5.93. The Hall–Kier alpha value is -2.01. The van der Waals surface area contributed by atoms with Crippen molar-refractivity contribution in [2.75, 3.05) is 6.61 Å². The number of fused-ring (bicyclic) bond motifs is 1. The summed E-state index contributed by atoms with van der Waals surface area (Å²) in [6.45, 7) is 2.50. The van der Waals surface area contributed by atoms with Crippen LogP contribution in [0.2, 0.25) is 5.02 Å². The van der Waals surface area contributed by atoms with Crippen molar-refractivity contribution >= 4 is 17.5 Å². The molecule has 2 aromatic rings. The van der Waals surface area contributed by atoms with Gasteiger partial charge in [0.05, 0.1) is 18.3 Å². The van der Waals surface area contributed by atoms with Crippen LogP contribution in [0.25, 0.3) is 0 Å². The van der Waals surface area contributed by atoms with Gasteiger partial charge < -0.3 is 10.1 Å². The average Bonchev–Trinajstić information content (AvgIpc) is 2.69. The van der Waals surface area contributed by atoms with Gasteiger partial charge in [-0.3, -0.25) is 9.48 Å². The van der Waals surface area contributed by atoms with Crippen LogP contribution in [-0.4, -0.2) is 22.3 Å². The molecule has 22 heavy (non-hydrogen) atoms. The topological polar surface area (TPSA) is 56.1 Å². The van der Waals surface area contributed by atoms with Crippen LogP contribution in [0.15, 0.2) is 24.3 Å². The molecular weight excluding hydrogens is 302 g/mol. The summed E-state index contributed by atoms with van der Waals surface area (Å²) in [5.41, 5.74) is 2.34. The zero-order valence-electron chi connectivity index (χ0n) is 12.6. The van der Waals surface area contributed by atoms with Crippen LogP contribution in [0.5, 0.6) is 5.75 Å². The SMILES string of the molecule is Cc1cc(C(=O)NC2CCCOc3cc(Cl)ccc32)n(C)n1. The van der Waals surface area contributed by atoms with E-state index in [9.17, 15) is 4.79 Å². The first kappa shape index (κ1) is 14.9. The molecule has 1 aliphatic rings. The standard InChI is InChI=1S/C16H18ClN3O2/c1-10-8-14(20(2)19-10)16(21)18-13-4-3-7-22-15-9-11(17)5-6-12(13)15/h5-6,8-9,13H,3-4,7H2,1-2H3,(H,18,21). The molecular formula is C16H18ClN3O2. The number of aryl methyl sites for hydroxylation is 2. The fraction of sp³-hybridized carbons (Fsp3) is 0.375. The van der Waals surface area contributed by atoms with Crippen molar-refractivity contribution in [2.45, 2.75) is 25.8 Å². The van der Waals surface area contributed by atoms with Gasteiger partial charge in [0.25, 0.3) is 5.91 Å². The molecule has 0 spiro atoms. The van der Waals surface area contributed by atoms with Crippen molar-refractivity contribution in [3.8, 4) is 5.75 Å². The number of aromatic nitrogens is 2. The van der Waals surface area contributed by atoms with Gasteiger partial charge in [-0.25, -0.2) is 0 Å². The van der Waals surface area contributed by atoms with Crippen LogP contribution in [-0.2, 0) is 7.05 Å². The van der Waals surface area contributed by atoms with Crippen LogP contribution < -0.4 is 10.1 Å². The number of carbonyl (C=O) groups excluding carboxylic acids is 1. The number of rotatable bonds is 2. The minimum Gasteiger partial charge on any atom is -0.493 e. The number of nitrogens with zero attached hydrogens (tertiary/aromatic N) is 2. The first-order valence-corrected chi connectivity index (χ1v) is 7.66. The number of halogens is 1. The van der Waals surface area contributed by atoms with E-state index in [4.69, 9.17) is 16.3 Å². The molecule has 0 radical (unpaired) electrons. The Labute approximate surface area is 134 Å². The lowest BCUT2D eigenvalue weighted by Crippen LogP contribution is -2.29. The van der Waals surface area contributed by atoms with E-state index in [1.165, 1.54) is 0 Å². The molecule has 0 fully saturated rings. The van der Waals surface area contributed by atoms with Crippen molar-refractivity contribution < 1.29 is 9.53 Å². The van der Waals surface area contributed by atoms with E-state index in [2.05, 4.69) is 10.4 Å². The Balaban J connectivity index is 1.86. The number of hydrogen-bond donors (Lipinski definition) is 1. The summed E-state index contributed by atoms with van der Waals surface area (Å²) in [6.07, 6.45) is 1.71. The Bertz CT molecular complexity index is 711. The second kappa shape index (κ2) is 6.01. The van der Waals surface area contributed by atoms with E-state index >= 15 is 0 Å². The Morgan fingerprint density at radius 1 is 1.45 bits per heavy atom. The molecule has 1 aromatic heterocycles. The third-order valence-electron chi connectivity index (χ3n) is 3.79. The third-order valence-corrected chi connectivity index (χ3v) is 4.02. The minimum atomic E-state index is -0.129. The quantitative estimate of drug-likeness (QED) is 0.925. The molecule has 0 saturated carbocycles. The highest BCUT2D eigenvalue weighted by Gasteiger charge is 2.23. The fourth-order valence-electron chi connectivity index (χ4n) is 2.75. The van der Waals surface area contributed by atoms with Gasteiger partial charge in [-0.1, -0.05) is 17.7 Å². The Morgan fingerprint density at radius 2 is 2.27 bits per heavy atom. The molecule has 6 heteroatoms. The van der Waals surface area contributed by atoms with Crippen molar-refractivity contribution in [2.24, 2.45) is 7.05 Å². The predicted molar refractivity (Wildman–Crippen MR) is 84.3 cm³/mol. The zero-order valence-corrected chi connectivity index (χ0v) is 13.4. The van der Waals surface area contributed by atoms with Crippen molar-refractivity contribution in [3.63, 3.8) is 0 Å². The largest absolute Gasteiger partial charge is 0.493 e. The molecule has 0 bridgehead atoms. The fourth-order valence-corrected chi connectivity index (χ4v) is 2.91. The maximum atomic E-state index is 12.5. The normalized spacial score (nSPS) is 17.3. The summed E-state index contributed by atoms with van der Waals surface area (Å²) >= 11 is 6.02. The molecule has 1 amide bonds. The lowest BCUT2D eigenvalue weighted by molar-refractivity contribution is 0.0925. The average molecular weight is 320 g/mol. The molecule has 3 rings (SSSR count). The monoisotopic (exact) mass is 319 g/mol. The van der Waals surface area contributed by atoms with Crippen molar-refractivity contribution in [1.29, 1.82) is 0 Å². The van der Waals surface area contributed by atoms with Gasteiger partial charge >= 0.3 is 0 Å². The smallest absolute Gasteiger partial charge is 0.270 e. The molecule has 1 atom stereocenters. The molecule has 1 N–H and O–H groups in total. The van der Waals surface area contributed by atoms with E-state index in [1.54, 1.807) is 23.9 Å². The first-order chi connectivity index (χ1) is 10.5. The lowest BCUT2D eigenvalue weighted by atomic mass is 10.0. The summed E-state index contributed by atoms with van der Waals surface area (Å²) in [5.74, 6) is 0.618. The summed E-state index contributed by atoms with van der Waals surface area (Å²) in [4.78, 5) is 12.5. The van der Waals surface area contributed by atoms with Crippen LogP contribution >= 0.6 is 11.6 Å². The van der Waals surface area contributed by atoms with Gasteiger partial charge in [0.1, 0.15) is 11.4 Å². The van der Waals surface area contributed by atoms with Crippen molar-refractivity contribution in [1.82, 2.24) is 15.1 Å². The first-order valence-electron chi connectivity index (χ1n) is 7.28. The number of ether oxygens (including phenoxy) is 1. The number of hydrogen-bond acceptors (Lipinski definition) is 3. The van der Waals surface area contributed by atoms with E-state index in [1.807, 2.05) is 19.1 Å². The van der Waals surface area contributed by atoms with E-state index in [0.717, 1.165) is 29.8 Å². The maximum absolute atomic E-state index is 12.5. The van der Waals surface area contributed by atoms with Gasteiger partial charge in [0.2, 0.25) is 0 Å². The van der Waals surface area contributed by atoms with Gasteiger partial charge in [-0.2, -0.15) is 5.10 Å². The molecule has 1 unspecified atom stereocenters. The maximum Gasteiger partial charge on any atom is 0.270 e. The van der Waals surface area contributed by atoms with Crippen molar-refractivity contribution in [3.05, 3.63) is 46.2 Å². The number of benzene rings is 1. The van der Waals surface area contributed by atoms with Crippen LogP contribution in [0.1, 0.15) is 40.6 Å². The number of carbonyl (C=O) groups is 1. The molecule has 116 valence electrons. The van der Waals surface area contributed by atoms with E-state index in [-0.39, 0.29) is 11.9 Å². The molecule has 2 heterocycles. The van der Waals surface area contributed by atoms with Gasteiger partial charge in [-0.05, 0) is 38.0 Å². The van der Waals surface area contributed by atoms with Crippen LogP contribution in [0.4, 0.5) is 0 Å². The second-order valence-electron chi connectivity index (χ2n) is 5.49. The molecule has 5 nitrogen and oxygen atoms in total. The lowest BCUT2D eigenvalue weighted by Gasteiger charge is -2.18. The van der Waals surface area contributed by atoms with E-state index < -0.39 is 0 Å². The summed E-state index contributed by atoms with van der Waals surface area (Å²) in [7, 11) is 1.77. The Kier molecular flexibility index (Phi) is 4.07. The number of amides is 1. The highest BCUT2D eigenvalue weighted by molar-refractivity contribution is 6.30. The summed E-state index contributed by atoms with van der Waals surface area (Å²) in [6, 6.07) is 7.24. The molecule has 1 aliphatic heterocycles. The van der Waals surface area contributed by atoms with E-state index in [0.29, 0.717) is 17.3 Å². The predicted octanol–water partition coefficient (Wildman–Crippen LogP) is 3.03. The summed E-state index contributed by atoms with van der Waals surface area (Å²) < 4.78 is 7.32. The molecule has 1 aromatic carbocycles. The molecule has 0 saturated heterocycles.